The molecule has 0 spiro atoms. The van der Waals surface area contributed by atoms with Crippen molar-refractivity contribution < 1.29 is 23.8 Å². The lowest BCUT2D eigenvalue weighted by Gasteiger charge is -2.14. The molecule has 0 amide bonds. The second kappa shape index (κ2) is 17.9. The Labute approximate surface area is 240 Å². The van der Waals surface area contributed by atoms with Gasteiger partial charge in [-0.3, -0.25) is 9.59 Å². The van der Waals surface area contributed by atoms with Crippen molar-refractivity contribution in [3.05, 3.63) is 89.0 Å². The molecule has 216 valence electrons. The van der Waals surface area contributed by atoms with Crippen molar-refractivity contribution >= 4 is 11.6 Å². The maximum Gasteiger partial charge on any atom is 0.147 e. The van der Waals surface area contributed by atoms with Crippen LogP contribution in [-0.2, 0) is 22.4 Å². The molecule has 3 rings (SSSR count). The van der Waals surface area contributed by atoms with Gasteiger partial charge in [-0.15, -0.1) is 0 Å². The van der Waals surface area contributed by atoms with Crippen LogP contribution in [0.1, 0.15) is 88.5 Å². The molecule has 0 heterocycles. The minimum atomic E-state index is -0.323. The summed E-state index contributed by atoms with van der Waals surface area (Å²) in [5.41, 5.74) is 4.65. The lowest BCUT2D eigenvalue weighted by Crippen LogP contribution is -2.12. The smallest absolute Gasteiger partial charge is 0.147 e. The van der Waals surface area contributed by atoms with Crippen LogP contribution in [0.15, 0.2) is 66.7 Å². The van der Waals surface area contributed by atoms with Gasteiger partial charge in [0.2, 0.25) is 0 Å². The number of carbonyl (C=O) groups excluding carboxylic acids is 2. The zero-order chi connectivity index (χ0) is 29.3. The molecule has 1 atom stereocenters. The fraction of sp³-hybridized carbons (Fsp3) is 0.429. The summed E-state index contributed by atoms with van der Waals surface area (Å²) in [4.78, 5) is 23.5. The second-order valence-electron chi connectivity index (χ2n) is 9.76. The summed E-state index contributed by atoms with van der Waals surface area (Å²) < 4.78 is 17.3. The van der Waals surface area contributed by atoms with Crippen LogP contribution in [0.3, 0.4) is 0 Å². The van der Waals surface area contributed by atoms with Crippen LogP contribution in [0.2, 0.25) is 0 Å². The highest BCUT2D eigenvalue weighted by molar-refractivity contribution is 6.00. The van der Waals surface area contributed by atoms with Gasteiger partial charge in [0.25, 0.3) is 0 Å². The molecule has 0 saturated heterocycles. The molecule has 0 saturated carbocycles. The number of ketones is 2. The molecule has 40 heavy (non-hydrogen) atoms. The van der Waals surface area contributed by atoms with Gasteiger partial charge in [0.15, 0.2) is 0 Å². The number of methoxy groups -OCH3 is 1. The van der Waals surface area contributed by atoms with Gasteiger partial charge in [0, 0.05) is 5.92 Å². The molecule has 0 radical (unpaired) electrons. The Kier molecular flexibility index (Phi) is 14.6. The third kappa shape index (κ3) is 10.9. The summed E-state index contributed by atoms with van der Waals surface area (Å²) in [7, 11) is 1.68. The Hall–Kier alpha value is -3.60. The highest BCUT2D eigenvalue weighted by Crippen LogP contribution is 2.25. The average Bonchev–Trinajstić information content (AvgIpc) is 2.97. The van der Waals surface area contributed by atoms with E-state index in [9.17, 15) is 9.59 Å². The molecule has 3 aromatic rings. The molecule has 5 nitrogen and oxygen atoms in total. The molecule has 0 aliphatic heterocycles. The summed E-state index contributed by atoms with van der Waals surface area (Å²) in [5.74, 6) is 2.07. The van der Waals surface area contributed by atoms with Crippen LogP contribution < -0.4 is 14.2 Å². The Morgan fingerprint density at radius 3 is 2.15 bits per heavy atom. The Morgan fingerprint density at radius 1 is 0.825 bits per heavy atom. The van der Waals surface area contributed by atoms with Crippen molar-refractivity contribution in [1.82, 2.24) is 0 Å². The number of rotatable bonds is 16. The van der Waals surface area contributed by atoms with Gasteiger partial charge in [-0.2, -0.15) is 0 Å². The first-order valence-electron chi connectivity index (χ1n) is 14.5. The number of Topliss-reactive ketones (excluding diaryl/α,β-unsaturated/α-hetero) is 2. The summed E-state index contributed by atoms with van der Waals surface area (Å²) >= 11 is 0. The molecule has 0 aliphatic carbocycles. The van der Waals surface area contributed by atoms with E-state index in [0.717, 1.165) is 54.9 Å². The molecule has 0 fully saturated rings. The highest BCUT2D eigenvalue weighted by Gasteiger charge is 2.17. The number of aryl methyl sites for hydroxylation is 1. The van der Waals surface area contributed by atoms with Crippen molar-refractivity contribution in [3.8, 4) is 17.2 Å². The molecule has 0 bridgehead atoms. The number of hydrogen-bond acceptors (Lipinski definition) is 5. The van der Waals surface area contributed by atoms with Gasteiger partial charge < -0.3 is 14.2 Å². The van der Waals surface area contributed by atoms with Gasteiger partial charge in [-0.1, -0.05) is 70.5 Å². The number of unbranched alkanes of at least 4 members (excludes halogenated alkanes) is 1. The number of hydrogen-bond donors (Lipinski definition) is 0. The van der Waals surface area contributed by atoms with Crippen molar-refractivity contribution in [2.24, 2.45) is 0 Å². The fourth-order valence-electron chi connectivity index (χ4n) is 4.36. The molecule has 0 aromatic heterocycles. The number of carbonyl (C=O) groups is 2. The van der Waals surface area contributed by atoms with E-state index in [-0.39, 0.29) is 23.9 Å². The van der Waals surface area contributed by atoms with E-state index in [1.54, 1.807) is 7.11 Å². The maximum absolute atomic E-state index is 12.2. The van der Waals surface area contributed by atoms with Crippen LogP contribution in [0.5, 0.6) is 17.2 Å². The molecule has 1 unspecified atom stereocenters. The van der Waals surface area contributed by atoms with Crippen molar-refractivity contribution in [3.63, 3.8) is 0 Å². The van der Waals surface area contributed by atoms with Crippen LogP contribution >= 0.6 is 0 Å². The molecule has 3 aromatic carbocycles. The Bertz CT molecular complexity index is 1180. The van der Waals surface area contributed by atoms with Crippen molar-refractivity contribution in [2.75, 3.05) is 20.3 Å². The third-order valence-corrected chi connectivity index (χ3v) is 6.54. The normalized spacial score (nSPS) is 11.2. The van der Waals surface area contributed by atoms with Crippen molar-refractivity contribution in [1.29, 1.82) is 0 Å². The van der Waals surface area contributed by atoms with Crippen LogP contribution in [0, 0.1) is 0 Å². The van der Waals surface area contributed by atoms with E-state index in [2.05, 4.69) is 37.3 Å². The molecular weight excluding hydrogens is 500 g/mol. The largest absolute Gasteiger partial charge is 0.497 e. The summed E-state index contributed by atoms with van der Waals surface area (Å²) in [5, 5.41) is 0. The SMILES string of the molecule is CC.CCCc1cc(Cc2ccc(OC)cc2)ccc1OCCCCOc1cccc(C(C)C(=O)CC(C)=O)c1. The van der Waals surface area contributed by atoms with Crippen LogP contribution in [0.4, 0.5) is 0 Å². The molecule has 5 heteroatoms. The predicted molar refractivity (Wildman–Crippen MR) is 163 cm³/mol. The second-order valence-corrected chi connectivity index (χ2v) is 9.76. The summed E-state index contributed by atoms with van der Waals surface area (Å²) in [6.45, 7) is 10.7. The quantitative estimate of drug-likeness (QED) is 0.134. The van der Waals surface area contributed by atoms with E-state index >= 15 is 0 Å². The monoisotopic (exact) mass is 546 g/mol. The zero-order valence-electron chi connectivity index (χ0n) is 25.1. The van der Waals surface area contributed by atoms with E-state index in [0.29, 0.717) is 13.2 Å². The summed E-state index contributed by atoms with van der Waals surface area (Å²) in [6.07, 6.45) is 4.64. The van der Waals surface area contributed by atoms with Gasteiger partial charge in [0.05, 0.1) is 26.7 Å². The Balaban J connectivity index is 0.00000274. The van der Waals surface area contributed by atoms with E-state index in [1.165, 1.54) is 23.6 Å². The first kappa shape index (κ1) is 32.6. The molecule has 0 N–H and O–H groups in total. The lowest BCUT2D eigenvalue weighted by molar-refractivity contribution is -0.126. The molecule has 0 aliphatic rings. The number of benzene rings is 3. The van der Waals surface area contributed by atoms with Gasteiger partial charge >= 0.3 is 0 Å². The van der Waals surface area contributed by atoms with Crippen LogP contribution in [0.25, 0.3) is 0 Å². The predicted octanol–water partition coefficient (Wildman–Crippen LogP) is 8.15. The van der Waals surface area contributed by atoms with Gasteiger partial charge in [-0.25, -0.2) is 0 Å². The van der Waals surface area contributed by atoms with Gasteiger partial charge in [-0.05, 0) is 85.2 Å². The van der Waals surface area contributed by atoms with Crippen LogP contribution in [-0.4, -0.2) is 31.9 Å². The topological polar surface area (TPSA) is 61.8 Å². The van der Waals surface area contributed by atoms with E-state index < -0.39 is 0 Å². The third-order valence-electron chi connectivity index (χ3n) is 6.54. The average molecular weight is 547 g/mol. The Morgan fingerprint density at radius 2 is 1.50 bits per heavy atom. The lowest BCUT2D eigenvalue weighted by atomic mass is 9.94. The first-order valence-corrected chi connectivity index (χ1v) is 14.5. The molecular formula is C35H46O5. The minimum Gasteiger partial charge on any atom is -0.497 e. The maximum atomic E-state index is 12.2. The van der Waals surface area contributed by atoms with E-state index in [1.807, 2.05) is 57.2 Å². The van der Waals surface area contributed by atoms with Gasteiger partial charge in [0.1, 0.15) is 28.8 Å². The highest BCUT2D eigenvalue weighted by atomic mass is 16.5. The summed E-state index contributed by atoms with van der Waals surface area (Å²) in [6, 6.07) is 22.3. The number of ether oxygens (including phenoxy) is 3. The van der Waals surface area contributed by atoms with Crippen molar-refractivity contribution in [2.45, 2.75) is 79.1 Å². The first-order chi connectivity index (χ1) is 19.4. The fourth-order valence-corrected chi connectivity index (χ4v) is 4.36. The minimum absolute atomic E-state index is 0.0301. The zero-order valence-corrected chi connectivity index (χ0v) is 25.1. The standard InChI is InChI=1S/C33H40O5.C2H6/c1-5-9-29-22-27(21-26-12-15-30(36-4)16-13-26)14-17-33(29)38-19-7-6-18-37-31-11-8-10-28(23-31)25(3)32(35)20-24(2)34;1-2/h8,10-17,22-23,25H,5-7,9,18-21H2,1-4H3;1-2H3. The van der Waals surface area contributed by atoms with E-state index in [4.69, 9.17) is 14.2 Å².